The molecule has 1 N–H and O–H groups in total. The van der Waals surface area contributed by atoms with Gasteiger partial charge in [0.15, 0.2) is 5.82 Å². The fourth-order valence-electron chi connectivity index (χ4n) is 4.15. The van der Waals surface area contributed by atoms with E-state index in [4.69, 9.17) is 4.74 Å². The summed E-state index contributed by atoms with van der Waals surface area (Å²) in [5.41, 5.74) is 1.17. The van der Waals surface area contributed by atoms with Gasteiger partial charge in [-0.05, 0) is 72.1 Å². The number of nitrogens with one attached hydrogen (secondary N) is 1. The number of benzene rings is 1. The van der Waals surface area contributed by atoms with Crippen molar-refractivity contribution in [2.24, 2.45) is 0 Å². The zero-order valence-electron chi connectivity index (χ0n) is 20.4. The Morgan fingerprint density at radius 1 is 1.21 bits per heavy atom. The van der Waals surface area contributed by atoms with Crippen LogP contribution in [-0.4, -0.2) is 37.2 Å². The Morgan fingerprint density at radius 2 is 2.03 bits per heavy atom. The molecule has 3 aromatic heterocycles. The third-order valence-corrected chi connectivity index (χ3v) is 7.36. The van der Waals surface area contributed by atoms with Gasteiger partial charge < -0.3 is 9.72 Å². The summed E-state index contributed by atoms with van der Waals surface area (Å²) >= 11 is 1.71. The summed E-state index contributed by atoms with van der Waals surface area (Å²) in [4.78, 5) is 19.6. The number of aromatic nitrogens is 5. The molecule has 1 aromatic carbocycles. The highest BCUT2D eigenvalue weighted by molar-refractivity contribution is 7.09. The van der Waals surface area contributed by atoms with Crippen molar-refractivity contribution in [1.82, 2.24) is 30.1 Å². The molecule has 0 saturated carbocycles. The maximum atomic E-state index is 13.1. The van der Waals surface area contributed by atoms with E-state index in [9.17, 15) is 4.79 Å². The Balaban J connectivity index is 1.74. The lowest BCUT2D eigenvalue weighted by atomic mass is 10.0. The highest BCUT2D eigenvalue weighted by Crippen LogP contribution is 2.31. The largest absolute Gasteiger partial charge is 0.497 e. The minimum absolute atomic E-state index is 0.0473. The number of hydrogen-bond acceptors (Lipinski definition) is 7. The summed E-state index contributed by atoms with van der Waals surface area (Å²) in [5, 5.41) is 15.9. The van der Waals surface area contributed by atoms with Gasteiger partial charge in [0.25, 0.3) is 5.56 Å². The first kappa shape index (κ1) is 24.1. The van der Waals surface area contributed by atoms with Crippen molar-refractivity contribution in [2.75, 3.05) is 7.11 Å². The Kier molecular flexibility index (Phi) is 7.13. The molecular formula is C25H32N6O2S. The van der Waals surface area contributed by atoms with E-state index >= 15 is 0 Å². The fraction of sp³-hybridized carbons (Fsp3) is 0.440. The smallest absolute Gasteiger partial charge is 0.252 e. The predicted molar refractivity (Wildman–Crippen MR) is 135 cm³/mol. The van der Waals surface area contributed by atoms with Crippen molar-refractivity contribution < 1.29 is 4.74 Å². The van der Waals surface area contributed by atoms with Crippen LogP contribution in [0.25, 0.3) is 10.9 Å². The molecule has 0 fully saturated rings. The van der Waals surface area contributed by atoms with Gasteiger partial charge >= 0.3 is 0 Å². The molecule has 0 saturated heterocycles. The van der Waals surface area contributed by atoms with Crippen LogP contribution in [-0.2, 0) is 18.6 Å². The molecule has 3 heterocycles. The number of fused-ring (bicyclic) bond motifs is 1. The van der Waals surface area contributed by atoms with Crippen LogP contribution < -0.4 is 10.3 Å². The highest BCUT2D eigenvalue weighted by atomic mass is 32.1. The molecule has 0 amide bonds. The van der Waals surface area contributed by atoms with Gasteiger partial charge in [-0.15, -0.1) is 16.4 Å². The van der Waals surface area contributed by atoms with Gasteiger partial charge in [0.05, 0.1) is 24.2 Å². The van der Waals surface area contributed by atoms with Gasteiger partial charge in [0.1, 0.15) is 5.75 Å². The zero-order valence-corrected chi connectivity index (χ0v) is 21.2. The number of pyridine rings is 1. The quantitative estimate of drug-likeness (QED) is 0.348. The van der Waals surface area contributed by atoms with E-state index in [2.05, 4.69) is 70.6 Å². The lowest BCUT2D eigenvalue weighted by Gasteiger charge is -2.32. The van der Waals surface area contributed by atoms with Crippen LogP contribution in [0.1, 0.15) is 62.8 Å². The third-order valence-electron chi connectivity index (χ3n) is 6.50. The first-order chi connectivity index (χ1) is 16.4. The number of tetrazole rings is 1. The second-order valence-electron chi connectivity index (χ2n) is 9.10. The minimum atomic E-state index is -0.208. The summed E-state index contributed by atoms with van der Waals surface area (Å²) in [6.45, 7) is 9.75. The molecule has 4 aromatic rings. The van der Waals surface area contributed by atoms with E-state index in [0.29, 0.717) is 24.4 Å². The van der Waals surface area contributed by atoms with E-state index in [-0.39, 0.29) is 17.1 Å². The van der Waals surface area contributed by atoms with Crippen LogP contribution in [0.3, 0.4) is 0 Å². The minimum Gasteiger partial charge on any atom is -0.497 e. The van der Waals surface area contributed by atoms with E-state index in [1.807, 2.05) is 28.9 Å². The molecule has 0 aliphatic heterocycles. The van der Waals surface area contributed by atoms with Crippen molar-refractivity contribution in [3.63, 3.8) is 0 Å². The molecule has 34 heavy (non-hydrogen) atoms. The number of hydrogen-bond donors (Lipinski definition) is 1. The SMILES string of the molecule is CCC(c1nnnn1C(C)(C)CC)N(Cc1cccs1)Cc1cc2ccc(OC)cc2[nH]c1=O. The molecule has 8 nitrogen and oxygen atoms in total. The lowest BCUT2D eigenvalue weighted by molar-refractivity contribution is 0.152. The Morgan fingerprint density at radius 3 is 2.71 bits per heavy atom. The maximum absolute atomic E-state index is 13.1. The molecule has 0 aliphatic rings. The monoisotopic (exact) mass is 480 g/mol. The standard InChI is InChI=1S/C25H32N6O2S/c1-6-22(23-27-28-29-31(23)25(3,4)7-2)30(16-20-9-8-12-34-20)15-18-13-17-10-11-19(33-5)14-21(17)26-24(18)32/h8-14,22H,6-7,15-16H2,1-5H3,(H,26,32). The summed E-state index contributed by atoms with van der Waals surface area (Å²) in [5.74, 6) is 1.54. The van der Waals surface area contributed by atoms with Crippen LogP contribution in [0.5, 0.6) is 5.75 Å². The number of thiophene rings is 1. The third kappa shape index (κ3) is 4.90. The number of aromatic amines is 1. The van der Waals surface area contributed by atoms with Crippen molar-refractivity contribution in [3.05, 3.63) is 68.4 Å². The molecule has 0 radical (unpaired) electrons. The summed E-state index contributed by atoms with van der Waals surface area (Å²) < 4.78 is 7.24. The molecule has 1 unspecified atom stereocenters. The van der Waals surface area contributed by atoms with Crippen LogP contribution >= 0.6 is 11.3 Å². The van der Waals surface area contributed by atoms with Crippen LogP contribution in [0.4, 0.5) is 0 Å². The molecule has 0 aliphatic carbocycles. The number of H-pyrrole nitrogens is 1. The molecule has 9 heteroatoms. The van der Waals surface area contributed by atoms with Gasteiger partial charge in [-0.3, -0.25) is 9.69 Å². The molecule has 0 spiro atoms. The molecule has 1 atom stereocenters. The molecule has 180 valence electrons. The first-order valence-electron chi connectivity index (χ1n) is 11.6. The van der Waals surface area contributed by atoms with Crippen LogP contribution in [0, 0.1) is 0 Å². The Hall–Kier alpha value is -3.04. The average molecular weight is 481 g/mol. The zero-order chi connectivity index (χ0) is 24.3. The van der Waals surface area contributed by atoms with Gasteiger partial charge in [-0.25, -0.2) is 4.68 Å². The predicted octanol–water partition coefficient (Wildman–Crippen LogP) is 4.88. The maximum Gasteiger partial charge on any atom is 0.252 e. The van der Waals surface area contributed by atoms with Crippen molar-refractivity contribution in [3.8, 4) is 5.75 Å². The Bertz CT molecular complexity index is 1290. The van der Waals surface area contributed by atoms with E-state index < -0.39 is 0 Å². The molecule has 4 rings (SSSR count). The fourth-order valence-corrected chi connectivity index (χ4v) is 4.88. The average Bonchev–Trinajstić information content (AvgIpc) is 3.52. The number of nitrogens with zero attached hydrogens (tertiary/aromatic N) is 5. The van der Waals surface area contributed by atoms with Crippen molar-refractivity contribution in [1.29, 1.82) is 0 Å². The summed E-state index contributed by atoms with van der Waals surface area (Å²) in [6, 6.07) is 11.8. The van der Waals surface area contributed by atoms with Crippen molar-refractivity contribution in [2.45, 2.75) is 65.2 Å². The second kappa shape index (κ2) is 10.1. The normalized spacial score (nSPS) is 13.0. The van der Waals surface area contributed by atoms with E-state index in [0.717, 1.165) is 29.6 Å². The molecule has 0 bridgehead atoms. The molecular weight excluding hydrogens is 448 g/mol. The summed E-state index contributed by atoms with van der Waals surface area (Å²) in [7, 11) is 1.62. The van der Waals surface area contributed by atoms with Gasteiger partial charge in [-0.1, -0.05) is 19.9 Å². The topological polar surface area (TPSA) is 88.9 Å². The van der Waals surface area contributed by atoms with Gasteiger partial charge in [0.2, 0.25) is 0 Å². The number of rotatable bonds is 10. The number of methoxy groups -OCH3 is 1. The lowest BCUT2D eigenvalue weighted by Crippen LogP contribution is -2.35. The second-order valence-corrected chi connectivity index (χ2v) is 10.1. The Labute approximate surface area is 203 Å². The number of ether oxygens (including phenoxy) is 1. The summed E-state index contributed by atoms with van der Waals surface area (Å²) in [6.07, 6.45) is 1.72. The van der Waals surface area contributed by atoms with Gasteiger partial charge in [-0.2, -0.15) is 0 Å². The highest BCUT2D eigenvalue weighted by Gasteiger charge is 2.31. The van der Waals surface area contributed by atoms with Gasteiger partial charge in [0, 0.05) is 29.6 Å². The van der Waals surface area contributed by atoms with E-state index in [1.165, 1.54) is 4.88 Å². The van der Waals surface area contributed by atoms with Crippen molar-refractivity contribution >= 4 is 22.2 Å². The van der Waals surface area contributed by atoms with Crippen LogP contribution in [0.2, 0.25) is 0 Å². The van der Waals surface area contributed by atoms with E-state index in [1.54, 1.807) is 18.4 Å². The first-order valence-corrected chi connectivity index (χ1v) is 12.5. The van der Waals surface area contributed by atoms with Crippen LogP contribution in [0.15, 0.2) is 46.6 Å².